The zero-order valence-corrected chi connectivity index (χ0v) is 5.43. The Balaban J connectivity index is 3.20. The summed E-state index contributed by atoms with van der Waals surface area (Å²) in [6.07, 6.45) is 1.66. The van der Waals surface area contributed by atoms with Crippen LogP contribution in [0.2, 0.25) is 0 Å². The van der Waals surface area contributed by atoms with Crippen LogP contribution >= 0.6 is 0 Å². The summed E-state index contributed by atoms with van der Waals surface area (Å²) in [5.41, 5.74) is 0.493. The second-order valence-corrected chi connectivity index (χ2v) is 1.92. The first-order chi connectivity index (χ1) is 4.34. The van der Waals surface area contributed by atoms with Crippen LogP contribution in [0.1, 0.15) is 5.69 Å². The van der Waals surface area contributed by atoms with Crippen LogP contribution in [0.4, 0.5) is 0 Å². The largest absolute Gasteiger partial charge is 0.426 e. The van der Waals surface area contributed by atoms with Gasteiger partial charge in [0.2, 0.25) is 0 Å². The Morgan fingerprint density at radius 3 is 2.78 bits per heavy atom. The molecule has 0 aliphatic carbocycles. The van der Waals surface area contributed by atoms with E-state index in [2.05, 4.69) is 0 Å². The molecule has 0 aliphatic rings. The third-order valence-corrected chi connectivity index (χ3v) is 1.26. The first kappa shape index (κ1) is 5.99. The van der Waals surface area contributed by atoms with Crippen molar-refractivity contribution < 1.29 is 3.97 Å². The van der Waals surface area contributed by atoms with Gasteiger partial charge in [-0.3, -0.25) is 3.97 Å². The van der Waals surface area contributed by atoms with Crippen LogP contribution in [0.5, 0.6) is 0 Å². The van der Waals surface area contributed by atoms with Crippen LogP contribution in [-0.4, -0.2) is 0 Å². The standard InChI is InChI=1S/C6H4N2S/c7-5-6-3-1-2-4-8(6)9/h1-4H. The van der Waals surface area contributed by atoms with Gasteiger partial charge >= 0.3 is 0 Å². The van der Waals surface area contributed by atoms with Gasteiger partial charge in [-0.05, 0) is 6.07 Å². The fraction of sp³-hybridized carbons (Fsp3) is 0. The fourth-order valence-corrected chi connectivity index (χ4v) is 0.687. The van der Waals surface area contributed by atoms with Crippen molar-refractivity contribution in [1.29, 1.82) is 5.26 Å². The normalized spacial score (nSPS) is 8.33. The molecule has 1 aromatic heterocycles. The lowest BCUT2D eigenvalue weighted by Crippen LogP contribution is -2.29. The zero-order valence-electron chi connectivity index (χ0n) is 4.61. The molecule has 3 heteroatoms. The smallest absolute Gasteiger partial charge is 0.268 e. The Bertz CT molecular complexity index is 251. The molecule has 0 radical (unpaired) electrons. The molecule has 0 atom stereocenters. The summed E-state index contributed by atoms with van der Waals surface area (Å²) < 4.78 is 1.36. The summed E-state index contributed by atoms with van der Waals surface area (Å²) in [6, 6.07) is 7.19. The number of pyridine rings is 1. The summed E-state index contributed by atoms with van der Waals surface area (Å²) >= 11 is 4.75. The van der Waals surface area contributed by atoms with Gasteiger partial charge in [0, 0.05) is 12.1 Å². The molecule has 1 rings (SSSR count). The molecule has 44 valence electrons. The molecule has 0 fully saturated rings. The van der Waals surface area contributed by atoms with Gasteiger partial charge < -0.3 is 12.8 Å². The van der Waals surface area contributed by atoms with Gasteiger partial charge in [0.15, 0.2) is 12.3 Å². The van der Waals surface area contributed by atoms with E-state index >= 15 is 0 Å². The van der Waals surface area contributed by atoms with E-state index in [1.165, 1.54) is 3.97 Å². The average Bonchev–Trinajstić information content (AvgIpc) is 1.89. The van der Waals surface area contributed by atoms with E-state index in [1.807, 2.05) is 6.07 Å². The third-order valence-electron chi connectivity index (χ3n) is 0.939. The molecule has 0 spiro atoms. The first-order valence-electron chi connectivity index (χ1n) is 2.43. The highest BCUT2D eigenvalue weighted by molar-refractivity contribution is 7.51. The monoisotopic (exact) mass is 136 g/mol. The van der Waals surface area contributed by atoms with Crippen LogP contribution < -0.4 is 3.97 Å². The van der Waals surface area contributed by atoms with Crippen molar-refractivity contribution in [2.24, 2.45) is 0 Å². The predicted octanol–water partition coefficient (Wildman–Crippen LogP) is 0.156. The SMILES string of the molecule is N#Cc1cccc[n+]1[S-]. The van der Waals surface area contributed by atoms with Crippen LogP contribution in [0, 0.1) is 11.3 Å². The maximum atomic E-state index is 8.38. The summed E-state index contributed by atoms with van der Waals surface area (Å²) in [4.78, 5) is 0. The quantitative estimate of drug-likeness (QED) is 0.375. The molecule has 0 aromatic carbocycles. The molecule has 0 saturated carbocycles. The molecular weight excluding hydrogens is 132 g/mol. The summed E-state index contributed by atoms with van der Waals surface area (Å²) in [6.45, 7) is 0. The van der Waals surface area contributed by atoms with Crippen LogP contribution in [-0.2, 0) is 12.8 Å². The van der Waals surface area contributed by atoms with Gasteiger partial charge in [-0.1, -0.05) is 0 Å². The maximum Gasteiger partial charge on any atom is 0.268 e. The number of hydrogen-bond donors (Lipinski definition) is 0. The summed E-state index contributed by atoms with van der Waals surface area (Å²) in [7, 11) is 0. The van der Waals surface area contributed by atoms with Crippen molar-refractivity contribution in [2.75, 3.05) is 0 Å². The van der Waals surface area contributed by atoms with Gasteiger partial charge in [0.1, 0.15) is 0 Å². The maximum absolute atomic E-state index is 8.38. The number of hydrogen-bond acceptors (Lipinski definition) is 2. The second kappa shape index (κ2) is 2.42. The molecule has 0 unspecified atom stereocenters. The Morgan fingerprint density at radius 2 is 2.33 bits per heavy atom. The first-order valence-corrected chi connectivity index (χ1v) is 2.79. The van der Waals surface area contributed by atoms with Gasteiger partial charge in [-0.25, -0.2) is 0 Å². The lowest BCUT2D eigenvalue weighted by atomic mass is 10.4. The highest BCUT2D eigenvalue weighted by Gasteiger charge is 1.93. The third kappa shape index (κ3) is 1.15. The van der Waals surface area contributed by atoms with E-state index in [9.17, 15) is 0 Å². The minimum absolute atomic E-state index is 0.493. The number of aromatic nitrogens is 1. The number of nitriles is 1. The van der Waals surface area contributed by atoms with Crippen molar-refractivity contribution in [1.82, 2.24) is 0 Å². The molecule has 1 heterocycles. The fourth-order valence-electron chi connectivity index (χ4n) is 0.515. The van der Waals surface area contributed by atoms with E-state index in [0.717, 1.165) is 0 Å². The lowest BCUT2D eigenvalue weighted by Gasteiger charge is -1.94. The molecule has 0 amide bonds. The highest BCUT2D eigenvalue weighted by atomic mass is 32.1. The molecular formula is C6H4N2S. The predicted molar refractivity (Wildman–Crippen MR) is 34.1 cm³/mol. The van der Waals surface area contributed by atoms with Crippen molar-refractivity contribution in [3.05, 3.63) is 30.1 Å². The highest BCUT2D eigenvalue weighted by Crippen LogP contribution is 1.84. The van der Waals surface area contributed by atoms with E-state index in [0.29, 0.717) is 5.69 Å². The Kier molecular flexibility index (Phi) is 1.61. The van der Waals surface area contributed by atoms with Crippen LogP contribution in [0.15, 0.2) is 24.4 Å². The van der Waals surface area contributed by atoms with Gasteiger partial charge in [0.05, 0.1) is 0 Å². The minimum Gasteiger partial charge on any atom is -0.426 e. The van der Waals surface area contributed by atoms with Crippen molar-refractivity contribution in [2.45, 2.75) is 0 Å². The van der Waals surface area contributed by atoms with Gasteiger partial charge in [-0.15, -0.1) is 0 Å². The van der Waals surface area contributed by atoms with Crippen molar-refractivity contribution >= 4 is 12.8 Å². The second-order valence-electron chi connectivity index (χ2n) is 1.52. The lowest BCUT2D eigenvalue weighted by molar-refractivity contribution is -0.496. The Morgan fingerprint density at radius 1 is 1.56 bits per heavy atom. The van der Waals surface area contributed by atoms with Gasteiger partial charge in [0.25, 0.3) is 5.69 Å². The van der Waals surface area contributed by atoms with Crippen molar-refractivity contribution in [3.8, 4) is 6.07 Å². The molecule has 9 heavy (non-hydrogen) atoms. The number of nitrogens with zero attached hydrogens (tertiary/aromatic N) is 2. The molecule has 0 aliphatic heterocycles. The van der Waals surface area contributed by atoms with Gasteiger partial charge in [-0.2, -0.15) is 5.26 Å². The average molecular weight is 136 g/mol. The van der Waals surface area contributed by atoms with Crippen LogP contribution in [0.3, 0.4) is 0 Å². The van der Waals surface area contributed by atoms with Crippen molar-refractivity contribution in [3.63, 3.8) is 0 Å². The van der Waals surface area contributed by atoms with E-state index in [-0.39, 0.29) is 0 Å². The molecule has 2 nitrogen and oxygen atoms in total. The van der Waals surface area contributed by atoms with E-state index < -0.39 is 0 Å². The van der Waals surface area contributed by atoms with E-state index in [4.69, 9.17) is 18.1 Å². The summed E-state index contributed by atoms with van der Waals surface area (Å²) in [5, 5.41) is 8.38. The Hall–Kier alpha value is -1.14. The number of rotatable bonds is 0. The molecule has 0 saturated heterocycles. The van der Waals surface area contributed by atoms with Crippen LogP contribution in [0.25, 0.3) is 0 Å². The molecule has 1 aromatic rings. The topological polar surface area (TPSA) is 27.7 Å². The zero-order chi connectivity index (χ0) is 6.69. The van der Waals surface area contributed by atoms with E-state index in [1.54, 1.807) is 24.4 Å². The minimum atomic E-state index is 0.493. The molecule has 0 bridgehead atoms. The Labute approximate surface area is 58.9 Å². The molecule has 0 N–H and O–H groups in total. The summed E-state index contributed by atoms with van der Waals surface area (Å²) in [5.74, 6) is 0.